The molecule has 0 aromatic carbocycles. The molecule has 2 aliphatic rings. The third-order valence-corrected chi connectivity index (χ3v) is 6.31. The zero-order chi connectivity index (χ0) is 17.6. The summed E-state index contributed by atoms with van der Waals surface area (Å²) in [4.78, 5) is 24.6. The molecule has 2 rings (SSSR count). The Bertz CT molecular complexity index is 586. The number of piperidine rings is 2. The van der Waals surface area contributed by atoms with Crippen LogP contribution in [0.3, 0.4) is 0 Å². The molecule has 2 fully saturated rings. The molecule has 0 bridgehead atoms. The fourth-order valence-corrected chi connectivity index (χ4v) is 4.46. The van der Waals surface area contributed by atoms with Gasteiger partial charge in [0, 0.05) is 32.5 Å². The van der Waals surface area contributed by atoms with Crippen LogP contribution in [0, 0.1) is 18.3 Å². The number of terminal acetylenes is 1. The van der Waals surface area contributed by atoms with Crippen molar-refractivity contribution in [3.05, 3.63) is 0 Å². The van der Waals surface area contributed by atoms with Crippen LogP contribution >= 0.6 is 0 Å². The fraction of sp³-hybridized carbons (Fsp3) is 0.750. The molecule has 0 aliphatic carbocycles. The molecule has 2 aliphatic heterocycles. The number of ether oxygens (including phenoxy) is 1. The maximum atomic E-state index is 12.4. The first-order valence-corrected chi connectivity index (χ1v) is 9.87. The summed E-state index contributed by atoms with van der Waals surface area (Å²) >= 11 is 0. The molecule has 134 valence electrons. The number of hydrogen-bond donors (Lipinski definition) is 0. The Hall–Kier alpha value is -1.43. The monoisotopic (exact) mass is 356 g/mol. The summed E-state index contributed by atoms with van der Waals surface area (Å²) in [7, 11) is -3.46. The summed E-state index contributed by atoms with van der Waals surface area (Å²) in [6.07, 6.45) is 7.76. The van der Waals surface area contributed by atoms with Crippen LogP contribution in [0.1, 0.15) is 32.1 Å². The molecular formula is C16H24N2O5S. The molecule has 24 heavy (non-hydrogen) atoms. The molecule has 2 heterocycles. The highest BCUT2D eigenvalue weighted by Gasteiger charge is 2.31. The Balaban J connectivity index is 1.80. The molecule has 0 unspecified atom stereocenters. The quantitative estimate of drug-likeness (QED) is 0.370. The van der Waals surface area contributed by atoms with Crippen LogP contribution in [0.15, 0.2) is 0 Å². The summed E-state index contributed by atoms with van der Waals surface area (Å²) in [5, 5.41) is 0. The van der Waals surface area contributed by atoms with E-state index in [1.165, 1.54) is 4.31 Å². The first-order valence-electron chi connectivity index (χ1n) is 8.26. The minimum atomic E-state index is -3.46. The predicted octanol–water partition coefficient (Wildman–Crippen LogP) is 0.217. The molecule has 0 saturated carbocycles. The van der Waals surface area contributed by atoms with Crippen molar-refractivity contribution in [3.8, 4) is 12.3 Å². The van der Waals surface area contributed by atoms with Gasteiger partial charge in [-0.2, -0.15) is 0 Å². The van der Waals surface area contributed by atoms with Crippen molar-refractivity contribution in [2.75, 3.05) is 38.6 Å². The molecule has 8 heteroatoms. The van der Waals surface area contributed by atoms with Gasteiger partial charge in [-0.25, -0.2) is 12.7 Å². The number of rotatable bonds is 7. The highest BCUT2D eigenvalue weighted by Crippen LogP contribution is 2.20. The van der Waals surface area contributed by atoms with Gasteiger partial charge in [0.1, 0.15) is 6.61 Å². The van der Waals surface area contributed by atoms with E-state index in [1.54, 1.807) is 0 Å². The zero-order valence-electron chi connectivity index (χ0n) is 13.8. The second-order valence-electron chi connectivity index (χ2n) is 6.17. The van der Waals surface area contributed by atoms with Gasteiger partial charge in [0.05, 0.1) is 12.4 Å². The number of nitrogens with zero attached hydrogens (tertiary/aromatic N) is 2. The smallest absolute Gasteiger partial charge is 0.229 e. The summed E-state index contributed by atoms with van der Waals surface area (Å²) < 4.78 is 31.6. The lowest BCUT2D eigenvalue weighted by atomic mass is 9.99. The van der Waals surface area contributed by atoms with Gasteiger partial charge in [-0.15, -0.1) is 6.42 Å². The number of carbonyl (C=O) groups is 2. The molecule has 0 N–H and O–H groups in total. The van der Waals surface area contributed by atoms with Crippen LogP contribution in [0.4, 0.5) is 0 Å². The molecule has 2 saturated heterocycles. The highest BCUT2D eigenvalue weighted by atomic mass is 32.2. The molecule has 0 aromatic heterocycles. The summed E-state index contributed by atoms with van der Waals surface area (Å²) in [5.74, 6) is 1.97. The van der Waals surface area contributed by atoms with Gasteiger partial charge in [-0.3, -0.25) is 14.5 Å². The van der Waals surface area contributed by atoms with E-state index in [2.05, 4.69) is 5.92 Å². The van der Waals surface area contributed by atoms with E-state index in [9.17, 15) is 18.0 Å². The molecule has 0 aromatic rings. The Morgan fingerprint density at radius 3 is 2.38 bits per heavy atom. The molecule has 0 radical (unpaired) electrons. The lowest BCUT2D eigenvalue weighted by Gasteiger charge is -2.32. The van der Waals surface area contributed by atoms with E-state index >= 15 is 0 Å². The average molecular weight is 356 g/mol. The van der Waals surface area contributed by atoms with Crippen molar-refractivity contribution in [2.24, 2.45) is 5.92 Å². The fourth-order valence-electron chi connectivity index (χ4n) is 3.02. The number of hydrogen-bond acceptors (Lipinski definition) is 5. The Kier molecular flexibility index (Phi) is 6.78. The van der Waals surface area contributed by atoms with Crippen LogP contribution in [0.25, 0.3) is 0 Å². The van der Waals surface area contributed by atoms with Crippen LogP contribution < -0.4 is 0 Å². The van der Waals surface area contributed by atoms with Gasteiger partial charge in [0.15, 0.2) is 0 Å². The predicted molar refractivity (Wildman–Crippen MR) is 88.3 cm³/mol. The Morgan fingerprint density at radius 1 is 1.17 bits per heavy atom. The third-order valence-electron chi connectivity index (χ3n) is 4.46. The second kappa shape index (κ2) is 8.60. The maximum Gasteiger partial charge on any atom is 0.229 e. The minimum Gasteiger partial charge on any atom is -0.369 e. The topological polar surface area (TPSA) is 84.0 Å². The van der Waals surface area contributed by atoms with Gasteiger partial charge < -0.3 is 4.74 Å². The number of imide groups is 1. The molecule has 0 spiro atoms. The van der Waals surface area contributed by atoms with E-state index in [-0.39, 0.29) is 30.7 Å². The van der Waals surface area contributed by atoms with Crippen LogP contribution in [0.2, 0.25) is 0 Å². The molecule has 2 amide bonds. The van der Waals surface area contributed by atoms with E-state index in [1.807, 2.05) is 0 Å². The molecular weight excluding hydrogens is 332 g/mol. The SMILES string of the molecule is C#CCOCC1CCN(S(=O)(=O)CCN2C(=O)CCCC2=O)CC1. The second-order valence-corrected chi connectivity index (χ2v) is 8.26. The largest absolute Gasteiger partial charge is 0.369 e. The number of carbonyl (C=O) groups excluding carboxylic acids is 2. The number of amides is 2. The van der Waals surface area contributed by atoms with Crippen molar-refractivity contribution in [3.63, 3.8) is 0 Å². The van der Waals surface area contributed by atoms with Crippen molar-refractivity contribution in [1.29, 1.82) is 0 Å². The molecule has 0 atom stereocenters. The third kappa shape index (κ3) is 5.03. The van der Waals surface area contributed by atoms with Gasteiger partial charge in [0.2, 0.25) is 21.8 Å². The normalized spacial score (nSPS) is 21.0. The van der Waals surface area contributed by atoms with Gasteiger partial charge in [-0.05, 0) is 25.2 Å². The summed E-state index contributed by atoms with van der Waals surface area (Å²) in [5.41, 5.74) is 0. The van der Waals surface area contributed by atoms with E-state index in [0.29, 0.717) is 44.9 Å². The van der Waals surface area contributed by atoms with Gasteiger partial charge in [-0.1, -0.05) is 5.92 Å². The zero-order valence-corrected chi connectivity index (χ0v) is 14.6. The van der Waals surface area contributed by atoms with Crippen molar-refractivity contribution in [2.45, 2.75) is 32.1 Å². The van der Waals surface area contributed by atoms with E-state index in [4.69, 9.17) is 11.2 Å². The number of sulfonamides is 1. The first kappa shape index (κ1) is 18.9. The van der Waals surface area contributed by atoms with Crippen LogP contribution in [0.5, 0.6) is 0 Å². The van der Waals surface area contributed by atoms with Gasteiger partial charge >= 0.3 is 0 Å². The summed E-state index contributed by atoms with van der Waals surface area (Å²) in [6.45, 7) is 1.65. The van der Waals surface area contributed by atoms with Crippen molar-refractivity contribution < 1.29 is 22.7 Å². The lowest BCUT2D eigenvalue weighted by molar-refractivity contribution is -0.147. The lowest BCUT2D eigenvalue weighted by Crippen LogP contribution is -2.46. The van der Waals surface area contributed by atoms with Crippen molar-refractivity contribution in [1.82, 2.24) is 9.21 Å². The minimum absolute atomic E-state index is 0.0504. The maximum absolute atomic E-state index is 12.4. The highest BCUT2D eigenvalue weighted by molar-refractivity contribution is 7.89. The number of likely N-dealkylation sites (tertiary alicyclic amines) is 1. The first-order chi connectivity index (χ1) is 11.4. The van der Waals surface area contributed by atoms with E-state index < -0.39 is 10.0 Å². The van der Waals surface area contributed by atoms with Crippen molar-refractivity contribution >= 4 is 21.8 Å². The average Bonchev–Trinajstić information content (AvgIpc) is 2.55. The standard InChI is InChI=1S/C16H24N2O5S/c1-2-11-23-13-14-6-8-17(9-7-14)24(21,22)12-10-18-15(19)4-3-5-16(18)20/h1,14H,3-13H2. The van der Waals surface area contributed by atoms with Gasteiger partial charge in [0.25, 0.3) is 0 Å². The summed E-state index contributed by atoms with van der Waals surface area (Å²) in [6, 6.07) is 0. The van der Waals surface area contributed by atoms with Crippen LogP contribution in [-0.4, -0.2) is 68.0 Å². The Morgan fingerprint density at radius 2 is 1.79 bits per heavy atom. The van der Waals surface area contributed by atoms with Crippen LogP contribution in [-0.2, 0) is 24.3 Å². The molecule has 7 nitrogen and oxygen atoms in total. The Labute approximate surface area is 143 Å². The van der Waals surface area contributed by atoms with E-state index in [0.717, 1.165) is 17.7 Å².